The molecule has 3 rings (SSSR count). The molecule has 92 valence electrons. The van der Waals surface area contributed by atoms with Crippen LogP contribution in [0.4, 0.5) is 4.79 Å². The number of aromatic nitrogens is 1. The van der Waals surface area contributed by atoms with E-state index in [1.165, 1.54) is 0 Å². The van der Waals surface area contributed by atoms with Gasteiger partial charge in [0, 0.05) is 30.1 Å². The largest absolute Gasteiger partial charge is 0.327 e. The van der Waals surface area contributed by atoms with Gasteiger partial charge >= 0.3 is 6.03 Å². The molecule has 1 unspecified atom stereocenters. The molecule has 1 aliphatic heterocycles. The molecule has 0 saturated heterocycles. The van der Waals surface area contributed by atoms with Gasteiger partial charge in [0.1, 0.15) is 0 Å². The van der Waals surface area contributed by atoms with Crippen molar-refractivity contribution in [2.75, 3.05) is 0 Å². The first-order chi connectivity index (χ1) is 8.75. The van der Waals surface area contributed by atoms with Crippen molar-refractivity contribution >= 4 is 11.8 Å². The van der Waals surface area contributed by atoms with Gasteiger partial charge in [0.2, 0.25) is 0 Å². The molecule has 0 fully saturated rings. The highest BCUT2D eigenvalue weighted by molar-refractivity contribution is 6.00. The minimum Gasteiger partial charge on any atom is -0.327 e. The number of rotatable bonds is 1. The van der Waals surface area contributed by atoms with E-state index in [-0.39, 0.29) is 17.9 Å². The summed E-state index contributed by atoms with van der Waals surface area (Å²) in [5.41, 5.74) is 2.37. The minimum atomic E-state index is -0.343. The third-order valence-corrected chi connectivity index (χ3v) is 3.32. The summed E-state index contributed by atoms with van der Waals surface area (Å²) in [4.78, 5) is 27.6. The molecular formula is C13H13N3O2. The number of carbonyl (C=O) groups excluding carboxylic acids is 2. The quantitative estimate of drug-likeness (QED) is 0.784. The van der Waals surface area contributed by atoms with E-state index in [1.807, 2.05) is 12.1 Å². The first-order valence-electron chi connectivity index (χ1n) is 5.99. The van der Waals surface area contributed by atoms with Crippen LogP contribution in [0.5, 0.6) is 0 Å². The maximum absolute atomic E-state index is 12.1. The molecule has 2 amide bonds. The molecule has 1 aromatic rings. The maximum atomic E-state index is 12.1. The number of amides is 2. The highest BCUT2D eigenvalue weighted by Gasteiger charge is 2.34. The van der Waals surface area contributed by atoms with Crippen molar-refractivity contribution in [2.24, 2.45) is 0 Å². The lowest BCUT2D eigenvalue weighted by Gasteiger charge is -2.32. The van der Waals surface area contributed by atoms with Gasteiger partial charge in [-0.1, -0.05) is 0 Å². The number of carbonyl (C=O) groups is 2. The zero-order chi connectivity index (χ0) is 12.5. The molecule has 0 bridgehead atoms. The molecule has 1 aromatic heterocycles. The zero-order valence-electron chi connectivity index (χ0n) is 9.77. The average molecular weight is 243 g/mol. The number of Topliss-reactive ketones (excluding diaryl/α,β-unsaturated/α-hetero) is 1. The Balaban J connectivity index is 2.07. The van der Waals surface area contributed by atoms with Crippen LogP contribution in [-0.4, -0.2) is 16.8 Å². The van der Waals surface area contributed by atoms with Gasteiger partial charge in [-0.3, -0.25) is 9.78 Å². The molecule has 1 atom stereocenters. The number of allylic oxidation sites excluding steroid dienone is 1. The van der Waals surface area contributed by atoms with E-state index < -0.39 is 0 Å². The summed E-state index contributed by atoms with van der Waals surface area (Å²) in [6.45, 7) is 0. The number of urea groups is 1. The number of nitrogens with zero attached hydrogens (tertiary/aromatic N) is 1. The molecule has 5 nitrogen and oxygen atoms in total. The van der Waals surface area contributed by atoms with Gasteiger partial charge in [-0.05, 0) is 30.5 Å². The normalized spacial score (nSPS) is 23.2. The minimum absolute atomic E-state index is 0.116. The van der Waals surface area contributed by atoms with Crippen molar-refractivity contribution in [2.45, 2.75) is 25.3 Å². The van der Waals surface area contributed by atoms with Crippen LogP contribution in [0, 0.1) is 0 Å². The number of nitrogens with one attached hydrogen (secondary N) is 2. The molecular weight excluding hydrogens is 230 g/mol. The van der Waals surface area contributed by atoms with Crippen LogP contribution in [0.25, 0.3) is 0 Å². The van der Waals surface area contributed by atoms with E-state index in [4.69, 9.17) is 0 Å². The van der Waals surface area contributed by atoms with Crippen LogP contribution in [0.1, 0.15) is 30.9 Å². The van der Waals surface area contributed by atoms with E-state index in [2.05, 4.69) is 15.6 Å². The van der Waals surface area contributed by atoms with E-state index in [9.17, 15) is 9.59 Å². The molecule has 2 aliphatic rings. The van der Waals surface area contributed by atoms with Crippen molar-refractivity contribution in [3.05, 3.63) is 41.4 Å². The lowest BCUT2D eigenvalue weighted by Crippen LogP contribution is -2.46. The van der Waals surface area contributed by atoms with Crippen molar-refractivity contribution in [1.82, 2.24) is 15.6 Å². The second-order valence-corrected chi connectivity index (χ2v) is 4.48. The summed E-state index contributed by atoms with van der Waals surface area (Å²) in [5, 5.41) is 5.55. The fourth-order valence-electron chi connectivity index (χ4n) is 2.51. The van der Waals surface area contributed by atoms with Gasteiger partial charge in [0.15, 0.2) is 5.78 Å². The van der Waals surface area contributed by atoms with Crippen molar-refractivity contribution < 1.29 is 9.59 Å². The number of hydrogen-bond donors (Lipinski definition) is 2. The predicted molar refractivity (Wildman–Crippen MR) is 64.5 cm³/mol. The molecule has 5 heteroatoms. The van der Waals surface area contributed by atoms with Gasteiger partial charge in [-0.2, -0.15) is 0 Å². The summed E-state index contributed by atoms with van der Waals surface area (Å²) < 4.78 is 0. The molecule has 1 aliphatic carbocycles. The molecule has 2 N–H and O–H groups in total. The predicted octanol–water partition coefficient (Wildman–Crippen LogP) is 1.44. The fourth-order valence-corrected chi connectivity index (χ4v) is 2.51. The summed E-state index contributed by atoms with van der Waals surface area (Å²) in [6.07, 6.45) is 5.45. The zero-order valence-corrected chi connectivity index (χ0v) is 9.77. The van der Waals surface area contributed by atoms with E-state index in [1.54, 1.807) is 12.4 Å². The third kappa shape index (κ3) is 1.77. The van der Waals surface area contributed by atoms with Crippen LogP contribution in [0.2, 0.25) is 0 Å². The maximum Gasteiger partial charge on any atom is 0.319 e. The Morgan fingerprint density at radius 2 is 1.94 bits per heavy atom. The summed E-state index contributed by atoms with van der Waals surface area (Å²) in [7, 11) is 0. The first-order valence-corrected chi connectivity index (χ1v) is 5.99. The molecule has 0 spiro atoms. The SMILES string of the molecule is O=C1NC2=C(C(=O)CCC2)C(c2ccncc2)N1. The first kappa shape index (κ1) is 11.0. The summed E-state index contributed by atoms with van der Waals surface area (Å²) in [6, 6.07) is 3.06. The van der Waals surface area contributed by atoms with E-state index in [0.717, 1.165) is 24.1 Å². The molecule has 2 heterocycles. The standard InChI is InChI=1S/C13H13N3O2/c17-10-3-1-2-9-11(10)12(16-13(18)15-9)8-4-6-14-7-5-8/h4-7,12H,1-3H2,(H2,15,16,18). The lowest BCUT2D eigenvalue weighted by atomic mass is 9.86. The highest BCUT2D eigenvalue weighted by Crippen LogP contribution is 2.32. The number of pyridine rings is 1. The lowest BCUT2D eigenvalue weighted by molar-refractivity contribution is -0.116. The van der Waals surface area contributed by atoms with Gasteiger partial charge in [-0.25, -0.2) is 4.79 Å². The second kappa shape index (κ2) is 4.25. The van der Waals surface area contributed by atoms with Crippen LogP contribution < -0.4 is 10.6 Å². The Kier molecular flexibility index (Phi) is 2.59. The van der Waals surface area contributed by atoms with E-state index >= 15 is 0 Å². The monoisotopic (exact) mass is 243 g/mol. The number of hydrogen-bond acceptors (Lipinski definition) is 3. The van der Waals surface area contributed by atoms with Gasteiger partial charge in [0.05, 0.1) is 6.04 Å². The Hall–Kier alpha value is -2.17. The van der Waals surface area contributed by atoms with Crippen LogP contribution >= 0.6 is 0 Å². The Morgan fingerprint density at radius 1 is 1.17 bits per heavy atom. The van der Waals surface area contributed by atoms with Gasteiger partial charge < -0.3 is 10.6 Å². The summed E-state index contributed by atoms with van der Waals surface area (Å²) in [5.74, 6) is 0.116. The van der Waals surface area contributed by atoms with E-state index in [0.29, 0.717) is 12.0 Å². The van der Waals surface area contributed by atoms with Crippen LogP contribution in [-0.2, 0) is 4.79 Å². The second-order valence-electron chi connectivity index (χ2n) is 4.48. The van der Waals surface area contributed by atoms with Crippen LogP contribution in [0.15, 0.2) is 35.8 Å². The fraction of sp³-hybridized carbons (Fsp3) is 0.308. The number of ketones is 1. The van der Waals surface area contributed by atoms with Crippen molar-refractivity contribution in [3.63, 3.8) is 0 Å². The molecule has 0 saturated carbocycles. The average Bonchev–Trinajstić information content (AvgIpc) is 2.39. The molecule has 18 heavy (non-hydrogen) atoms. The van der Waals surface area contributed by atoms with Crippen molar-refractivity contribution in [3.8, 4) is 0 Å². The Bertz CT molecular complexity index is 536. The Labute approximate surface area is 104 Å². The molecule has 0 radical (unpaired) electrons. The van der Waals surface area contributed by atoms with Gasteiger partial charge in [-0.15, -0.1) is 0 Å². The highest BCUT2D eigenvalue weighted by atomic mass is 16.2. The topological polar surface area (TPSA) is 71.1 Å². The van der Waals surface area contributed by atoms with Crippen LogP contribution in [0.3, 0.4) is 0 Å². The summed E-state index contributed by atoms with van der Waals surface area (Å²) >= 11 is 0. The molecule has 0 aromatic carbocycles. The van der Waals surface area contributed by atoms with Crippen molar-refractivity contribution in [1.29, 1.82) is 0 Å². The Morgan fingerprint density at radius 3 is 2.72 bits per heavy atom. The van der Waals surface area contributed by atoms with Gasteiger partial charge in [0.25, 0.3) is 0 Å². The smallest absolute Gasteiger partial charge is 0.319 e. The third-order valence-electron chi connectivity index (χ3n) is 3.32.